The van der Waals surface area contributed by atoms with Crippen molar-refractivity contribution in [3.63, 3.8) is 0 Å². The number of fused-ring (bicyclic) bond motifs is 1. The maximum Gasteiger partial charge on any atom is 0.338 e. The quantitative estimate of drug-likeness (QED) is 0.352. The zero-order chi connectivity index (χ0) is 18.6. The lowest BCUT2D eigenvalue weighted by Gasteiger charge is -2.07. The number of aryl methyl sites for hydroxylation is 1. The Hall–Kier alpha value is -3.06. The lowest BCUT2D eigenvalue weighted by atomic mass is 10.1. The number of oxazole rings is 1. The summed E-state index contributed by atoms with van der Waals surface area (Å²) in [5.74, 6) is 0.650. The number of ether oxygens (including phenoxy) is 1. The van der Waals surface area contributed by atoms with Crippen LogP contribution in [0.2, 0.25) is 0 Å². The molecule has 4 aromatic rings. The van der Waals surface area contributed by atoms with Crippen molar-refractivity contribution in [3.05, 3.63) is 77.2 Å². The highest BCUT2D eigenvalue weighted by Gasteiger charge is 2.15. The van der Waals surface area contributed by atoms with Gasteiger partial charge in [-0.15, -0.1) is 0 Å². The molecular formula is C20H16N2O4S. The summed E-state index contributed by atoms with van der Waals surface area (Å²) in [5, 5.41) is 4.35. The van der Waals surface area contributed by atoms with Crippen LogP contribution in [0.1, 0.15) is 27.4 Å². The van der Waals surface area contributed by atoms with Crippen LogP contribution in [-0.4, -0.2) is 16.1 Å². The predicted octanol–water partition coefficient (Wildman–Crippen LogP) is 4.77. The standard InChI is InChI=1S/C20H16N2O4S/c1-13-10-15(26-22-13)11-24-19(23)16-7-3-2-6-14(16)12-27-20-21-17-8-4-5-9-18(17)25-20/h2-10H,11-12H2,1H3. The number of carbonyl (C=O) groups is 1. The van der Waals surface area contributed by atoms with Crippen LogP contribution in [0.5, 0.6) is 0 Å². The number of esters is 1. The largest absolute Gasteiger partial charge is 0.454 e. The molecule has 136 valence electrons. The Bertz CT molecular complexity index is 1050. The zero-order valence-electron chi connectivity index (χ0n) is 14.5. The van der Waals surface area contributed by atoms with Gasteiger partial charge in [0.15, 0.2) is 18.0 Å². The molecule has 2 heterocycles. The molecular weight excluding hydrogens is 364 g/mol. The first-order chi connectivity index (χ1) is 13.2. The van der Waals surface area contributed by atoms with Gasteiger partial charge >= 0.3 is 5.97 Å². The van der Waals surface area contributed by atoms with Crippen molar-refractivity contribution in [1.29, 1.82) is 0 Å². The Morgan fingerprint density at radius 1 is 1.15 bits per heavy atom. The van der Waals surface area contributed by atoms with Crippen LogP contribution in [0.15, 0.2) is 68.8 Å². The zero-order valence-corrected chi connectivity index (χ0v) is 15.4. The third kappa shape index (κ3) is 4.03. The molecule has 2 aromatic carbocycles. The van der Waals surface area contributed by atoms with E-state index in [2.05, 4.69) is 10.1 Å². The summed E-state index contributed by atoms with van der Waals surface area (Å²) in [6.45, 7) is 1.86. The van der Waals surface area contributed by atoms with E-state index >= 15 is 0 Å². The average Bonchev–Trinajstić information content (AvgIpc) is 3.30. The Kier molecular flexibility index (Phi) is 4.93. The Morgan fingerprint density at radius 2 is 1.96 bits per heavy atom. The van der Waals surface area contributed by atoms with Gasteiger partial charge in [0.05, 0.1) is 11.3 Å². The van der Waals surface area contributed by atoms with Crippen LogP contribution in [0.3, 0.4) is 0 Å². The molecule has 0 saturated heterocycles. The van der Waals surface area contributed by atoms with Gasteiger partial charge < -0.3 is 13.7 Å². The minimum atomic E-state index is -0.405. The SMILES string of the molecule is Cc1cc(COC(=O)c2ccccc2CSc2nc3ccccc3o2)on1. The van der Waals surface area contributed by atoms with Gasteiger partial charge in [-0.2, -0.15) is 0 Å². The van der Waals surface area contributed by atoms with Gasteiger partial charge in [-0.1, -0.05) is 47.3 Å². The summed E-state index contributed by atoms with van der Waals surface area (Å²) >= 11 is 1.43. The number of benzene rings is 2. The van der Waals surface area contributed by atoms with E-state index < -0.39 is 5.97 Å². The number of carbonyl (C=O) groups excluding carboxylic acids is 1. The molecule has 0 N–H and O–H groups in total. The number of hydrogen-bond donors (Lipinski definition) is 0. The topological polar surface area (TPSA) is 78.4 Å². The fourth-order valence-corrected chi connectivity index (χ4v) is 3.44. The third-order valence-corrected chi connectivity index (χ3v) is 4.76. The van der Waals surface area contributed by atoms with Gasteiger partial charge in [0, 0.05) is 11.8 Å². The van der Waals surface area contributed by atoms with E-state index in [1.54, 1.807) is 12.1 Å². The van der Waals surface area contributed by atoms with Crippen LogP contribution in [-0.2, 0) is 17.1 Å². The smallest absolute Gasteiger partial charge is 0.338 e. The van der Waals surface area contributed by atoms with Crippen molar-refractivity contribution >= 4 is 28.8 Å². The molecule has 2 aromatic heterocycles. The molecule has 0 aliphatic rings. The van der Waals surface area contributed by atoms with Crippen LogP contribution in [0, 0.1) is 6.92 Å². The fraction of sp³-hybridized carbons (Fsp3) is 0.150. The van der Waals surface area contributed by atoms with Crippen LogP contribution < -0.4 is 0 Å². The molecule has 4 rings (SSSR count). The Labute approximate surface area is 159 Å². The summed E-state index contributed by atoms with van der Waals surface area (Å²) in [7, 11) is 0. The van der Waals surface area contributed by atoms with Crippen LogP contribution in [0.25, 0.3) is 11.1 Å². The molecule has 7 heteroatoms. The monoisotopic (exact) mass is 380 g/mol. The van der Waals surface area contributed by atoms with Crippen molar-refractivity contribution in [2.45, 2.75) is 24.5 Å². The molecule has 0 unspecified atom stereocenters. The normalized spacial score (nSPS) is 11.0. The summed E-state index contributed by atoms with van der Waals surface area (Å²) in [4.78, 5) is 16.9. The number of hydrogen-bond acceptors (Lipinski definition) is 7. The number of rotatable bonds is 6. The van der Waals surface area contributed by atoms with Gasteiger partial charge in [0.2, 0.25) is 0 Å². The van der Waals surface area contributed by atoms with Gasteiger partial charge in [0.25, 0.3) is 5.22 Å². The van der Waals surface area contributed by atoms with Crippen molar-refractivity contribution in [2.24, 2.45) is 0 Å². The summed E-state index contributed by atoms with van der Waals surface area (Å²) in [6.07, 6.45) is 0. The number of nitrogens with zero attached hydrogens (tertiary/aromatic N) is 2. The van der Waals surface area contributed by atoms with E-state index in [0.717, 1.165) is 22.4 Å². The van der Waals surface area contributed by atoms with E-state index in [1.165, 1.54) is 11.8 Å². The van der Waals surface area contributed by atoms with Crippen molar-refractivity contribution in [1.82, 2.24) is 10.1 Å². The van der Waals surface area contributed by atoms with Crippen molar-refractivity contribution in [2.75, 3.05) is 0 Å². The summed E-state index contributed by atoms with van der Waals surface area (Å²) in [6, 6.07) is 16.7. The maximum atomic E-state index is 12.5. The van der Waals surface area contributed by atoms with Gasteiger partial charge in [-0.05, 0) is 30.7 Å². The van der Waals surface area contributed by atoms with E-state index in [9.17, 15) is 4.79 Å². The highest BCUT2D eigenvalue weighted by atomic mass is 32.2. The predicted molar refractivity (Wildman–Crippen MR) is 100 cm³/mol. The molecule has 0 amide bonds. The number of aromatic nitrogens is 2. The molecule has 6 nitrogen and oxygen atoms in total. The van der Waals surface area contributed by atoms with E-state index in [4.69, 9.17) is 13.7 Å². The molecule has 0 radical (unpaired) electrons. The van der Waals surface area contributed by atoms with Crippen LogP contribution in [0.4, 0.5) is 0 Å². The highest BCUT2D eigenvalue weighted by Crippen LogP contribution is 2.27. The molecule has 0 atom stereocenters. The minimum Gasteiger partial charge on any atom is -0.454 e. The molecule has 0 saturated carbocycles. The second kappa shape index (κ2) is 7.67. The molecule has 0 fully saturated rings. The lowest BCUT2D eigenvalue weighted by Crippen LogP contribution is -2.07. The average molecular weight is 380 g/mol. The first kappa shape index (κ1) is 17.4. The van der Waals surface area contributed by atoms with Crippen LogP contribution >= 0.6 is 11.8 Å². The Morgan fingerprint density at radius 3 is 2.78 bits per heavy atom. The first-order valence-electron chi connectivity index (χ1n) is 8.34. The van der Waals surface area contributed by atoms with Gasteiger partial charge in [-0.3, -0.25) is 0 Å². The number of para-hydroxylation sites is 2. The number of thioether (sulfide) groups is 1. The summed E-state index contributed by atoms with van der Waals surface area (Å²) < 4.78 is 16.1. The first-order valence-corrected chi connectivity index (χ1v) is 9.33. The van der Waals surface area contributed by atoms with Crippen molar-refractivity contribution in [3.8, 4) is 0 Å². The fourth-order valence-electron chi connectivity index (χ4n) is 2.60. The molecule has 0 aliphatic carbocycles. The lowest BCUT2D eigenvalue weighted by molar-refractivity contribution is 0.0436. The van der Waals surface area contributed by atoms with Gasteiger partial charge in [0.1, 0.15) is 5.52 Å². The second-order valence-corrected chi connectivity index (χ2v) is 6.83. The molecule has 27 heavy (non-hydrogen) atoms. The van der Waals surface area contributed by atoms with E-state index in [1.807, 2.05) is 49.4 Å². The molecule has 0 spiro atoms. The maximum absolute atomic E-state index is 12.5. The molecule has 0 bridgehead atoms. The second-order valence-electron chi connectivity index (χ2n) is 5.90. The van der Waals surface area contributed by atoms with E-state index in [0.29, 0.717) is 22.3 Å². The van der Waals surface area contributed by atoms with E-state index in [-0.39, 0.29) is 6.61 Å². The highest BCUT2D eigenvalue weighted by molar-refractivity contribution is 7.98. The summed E-state index contributed by atoms with van der Waals surface area (Å²) in [5.41, 5.74) is 3.67. The Balaban J connectivity index is 1.44. The van der Waals surface area contributed by atoms with Gasteiger partial charge in [-0.25, -0.2) is 9.78 Å². The minimum absolute atomic E-state index is 0.0479. The third-order valence-electron chi connectivity index (χ3n) is 3.88. The van der Waals surface area contributed by atoms with Crippen molar-refractivity contribution < 1.29 is 18.5 Å². The molecule has 0 aliphatic heterocycles.